The van der Waals surface area contributed by atoms with Gasteiger partial charge in [-0.15, -0.1) is 22.7 Å². The van der Waals surface area contributed by atoms with Crippen LogP contribution in [0.4, 0.5) is 0 Å². The summed E-state index contributed by atoms with van der Waals surface area (Å²) in [4.78, 5) is 21.1. The molecule has 12 aromatic rings. The lowest BCUT2D eigenvalue weighted by Crippen LogP contribution is -2.00. The summed E-state index contributed by atoms with van der Waals surface area (Å²) in [5.41, 5.74) is 6.03. The monoisotopic (exact) mass is 748 g/mol. The highest BCUT2D eigenvalue weighted by atomic mass is 32.1. The minimum atomic E-state index is 0.658. The van der Waals surface area contributed by atoms with Crippen LogP contribution in [0.15, 0.2) is 170 Å². The van der Waals surface area contributed by atoms with Crippen LogP contribution in [0.5, 0.6) is 0 Å². The Balaban J connectivity index is 1.13. The van der Waals surface area contributed by atoms with Gasteiger partial charge >= 0.3 is 0 Å². The highest BCUT2D eigenvalue weighted by molar-refractivity contribution is 7.26. The molecular formula is C50H28N4S2. The molecule has 0 aliphatic rings. The minimum absolute atomic E-state index is 0.658. The van der Waals surface area contributed by atoms with Crippen LogP contribution in [0, 0.1) is 0 Å². The number of pyridine rings is 1. The van der Waals surface area contributed by atoms with E-state index in [2.05, 4.69) is 170 Å². The first-order valence-corrected chi connectivity index (χ1v) is 20.3. The average molecular weight is 749 g/mol. The lowest BCUT2D eigenvalue weighted by atomic mass is 9.96. The molecule has 56 heavy (non-hydrogen) atoms. The lowest BCUT2D eigenvalue weighted by Gasteiger charge is -2.12. The van der Waals surface area contributed by atoms with Crippen LogP contribution < -0.4 is 0 Å². The minimum Gasteiger partial charge on any atom is -0.247 e. The third-order valence-electron chi connectivity index (χ3n) is 10.9. The van der Waals surface area contributed by atoms with Gasteiger partial charge in [0.1, 0.15) is 0 Å². The Bertz CT molecular complexity index is 3540. The molecule has 0 unspecified atom stereocenters. The summed E-state index contributed by atoms with van der Waals surface area (Å²) in [7, 11) is 0. The van der Waals surface area contributed by atoms with Crippen molar-refractivity contribution in [1.29, 1.82) is 0 Å². The largest absolute Gasteiger partial charge is 0.247 e. The van der Waals surface area contributed by atoms with E-state index in [1.165, 1.54) is 41.0 Å². The summed E-state index contributed by atoms with van der Waals surface area (Å²) >= 11 is 3.60. The Kier molecular flexibility index (Phi) is 6.93. The molecule has 0 spiro atoms. The summed E-state index contributed by atoms with van der Waals surface area (Å²) in [6.45, 7) is 0. The van der Waals surface area contributed by atoms with Gasteiger partial charge in [0, 0.05) is 78.8 Å². The van der Waals surface area contributed by atoms with Crippen molar-refractivity contribution in [3.8, 4) is 45.4 Å². The molecule has 0 radical (unpaired) electrons. The molecule has 0 amide bonds. The van der Waals surface area contributed by atoms with Crippen molar-refractivity contribution in [3.05, 3.63) is 170 Å². The highest BCUT2D eigenvalue weighted by Crippen LogP contribution is 2.46. The van der Waals surface area contributed by atoms with Gasteiger partial charge in [0.2, 0.25) is 0 Å². The second-order valence-corrected chi connectivity index (χ2v) is 16.3. The molecule has 260 valence electrons. The van der Waals surface area contributed by atoms with Crippen molar-refractivity contribution >= 4 is 95.5 Å². The molecule has 0 fully saturated rings. The number of rotatable bonds is 4. The standard InChI is InChI=1S/C50H28N4S2/c1-2-13-30(14-3-1)46-37-26-27-42-45(44(37)36-18-6-8-22-40(36)51-46)38-20-11-21-39(47(38)56-42)50-53-48(31-24-25-34-33-17-7-9-23-41(33)55-43(34)28-31)52-49(54-50)35-19-10-15-29-12-4-5-16-32(29)35/h1-28H. The van der Waals surface area contributed by atoms with Gasteiger partial charge in [-0.25, -0.2) is 19.9 Å². The fourth-order valence-electron chi connectivity index (χ4n) is 8.35. The fourth-order valence-corrected chi connectivity index (χ4v) is 10.7. The van der Waals surface area contributed by atoms with E-state index in [0.29, 0.717) is 17.5 Å². The van der Waals surface area contributed by atoms with Crippen LogP contribution in [-0.2, 0) is 0 Å². The molecule has 4 aromatic heterocycles. The molecular weight excluding hydrogens is 721 g/mol. The third-order valence-corrected chi connectivity index (χ3v) is 13.3. The Labute approximate surface area is 329 Å². The second-order valence-electron chi connectivity index (χ2n) is 14.1. The highest BCUT2D eigenvalue weighted by Gasteiger charge is 2.21. The zero-order valence-corrected chi connectivity index (χ0v) is 31.4. The molecule has 0 aliphatic heterocycles. The molecule has 4 nitrogen and oxygen atoms in total. The Morgan fingerprint density at radius 1 is 0.339 bits per heavy atom. The van der Waals surface area contributed by atoms with Gasteiger partial charge < -0.3 is 0 Å². The maximum Gasteiger partial charge on any atom is 0.165 e. The van der Waals surface area contributed by atoms with Crippen LogP contribution in [0.25, 0.3) is 118 Å². The topological polar surface area (TPSA) is 51.6 Å². The van der Waals surface area contributed by atoms with Crippen LogP contribution in [0.1, 0.15) is 0 Å². The number of fused-ring (bicyclic) bond motifs is 11. The van der Waals surface area contributed by atoms with Crippen molar-refractivity contribution < 1.29 is 0 Å². The first-order valence-electron chi connectivity index (χ1n) is 18.6. The Morgan fingerprint density at radius 3 is 1.91 bits per heavy atom. The van der Waals surface area contributed by atoms with Crippen molar-refractivity contribution in [2.45, 2.75) is 0 Å². The number of hydrogen-bond donors (Lipinski definition) is 0. The van der Waals surface area contributed by atoms with Gasteiger partial charge in [-0.05, 0) is 41.1 Å². The number of thiophene rings is 2. The maximum absolute atomic E-state index is 5.31. The number of nitrogens with zero attached hydrogens (tertiary/aromatic N) is 4. The molecule has 8 aromatic carbocycles. The molecule has 0 saturated carbocycles. The summed E-state index contributed by atoms with van der Waals surface area (Å²) in [6.07, 6.45) is 0. The molecule has 12 rings (SSSR count). The second kappa shape index (κ2) is 12.3. The predicted octanol–water partition coefficient (Wildman–Crippen LogP) is 14.1. The van der Waals surface area contributed by atoms with E-state index in [0.717, 1.165) is 59.7 Å². The Morgan fingerprint density at radius 2 is 1.00 bits per heavy atom. The van der Waals surface area contributed by atoms with Gasteiger partial charge in [0.15, 0.2) is 17.5 Å². The van der Waals surface area contributed by atoms with E-state index in [-0.39, 0.29) is 0 Å². The molecule has 0 saturated heterocycles. The number of benzene rings is 8. The SMILES string of the molecule is c1ccc(-c2nc3ccccc3c3c2ccc2sc4c(-c5nc(-c6ccc7c(c6)sc6ccccc67)nc(-c6cccc7ccccc67)n5)cccc4c23)cc1. The van der Waals surface area contributed by atoms with Crippen molar-refractivity contribution in [2.75, 3.05) is 0 Å². The normalized spacial score (nSPS) is 11.9. The van der Waals surface area contributed by atoms with Gasteiger partial charge in [0.25, 0.3) is 0 Å². The molecule has 0 aliphatic carbocycles. The van der Waals surface area contributed by atoms with Crippen LogP contribution in [-0.4, -0.2) is 19.9 Å². The molecule has 0 N–H and O–H groups in total. The van der Waals surface area contributed by atoms with Gasteiger partial charge in [-0.2, -0.15) is 0 Å². The van der Waals surface area contributed by atoms with E-state index in [1.54, 1.807) is 22.7 Å². The average Bonchev–Trinajstić information content (AvgIpc) is 3.84. The van der Waals surface area contributed by atoms with E-state index in [1.807, 2.05) is 0 Å². The number of aromatic nitrogens is 4. The summed E-state index contributed by atoms with van der Waals surface area (Å²) in [6, 6.07) is 60.1. The van der Waals surface area contributed by atoms with E-state index >= 15 is 0 Å². The summed E-state index contributed by atoms with van der Waals surface area (Å²) in [5.74, 6) is 1.98. The zero-order chi connectivity index (χ0) is 36.7. The zero-order valence-electron chi connectivity index (χ0n) is 29.8. The Hall–Kier alpha value is -6.86. The smallest absolute Gasteiger partial charge is 0.165 e. The van der Waals surface area contributed by atoms with Crippen LogP contribution >= 0.6 is 22.7 Å². The van der Waals surface area contributed by atoms with Crippen molar-refractivity contribution in [2.24, 2.45) is 0 Å². The fraction of sp³-hybridized carbons (Fsp3) is 0. The van der Waals surface area contributed by atoms with Gasteiger partial charge in [-0.1, -0.05) is 140 Å². The maximum atomic E-state index is 5.31. The van der Waals surface area contributed by atoms with Crippen molar-refractivity contribution in [1.82, 2.24) is 19.9 Å². The van der Waals surface area contributed by atoms with Gasteiger partial charge in [0.05, 0.1) is 11.2 Å². The number of hydrogen-bond acceptors (Lipinski definition) is 6. The molecule has 0 bridgehead atoms. The predicted molar refractivity (Wildman–Crippen MR) is 238 cm³/mol. The lowest BCUT2D eigenvalue weighted by molar-refractivity contribution is 1.08. The quantitative estimate of drug-likeness (QED) is 0.168. The van der Waals surface area contributed by atoms with E-state index < -0.39 is 0 Å². The van der Waals surface area contributed by atoms with Crippen molar-refractivity contribution in [3.63, 3.8) is 0 Å². The first-order chi connectivity index (χ1) is 27.7. The summed E-state index contributed by atoms with van der Waals surface area (Å²) in [5, 5.41) is 10.7. The molecule has 0 atom stereocenters. The summed E-state index contributed by atoms with van der Waals surface area (Å²) < 4.78 is 4.86. The van der Waals surface area contributed by atoms with Gasteiger partial charge in [-0.3, -0.25) is 0 Å². The van der Waals surface area contributed by atoms with E-state index in [4.69, 9.17) is 19.9 Å². The third kappa shape index (κ3) is 4.83. The molecule has 4 heterocycles. The van der Waals surface area contributed by atoms with Crippen LogP contribution in [0.3, 0.4) is 0 Å². The molecule has 6 heteroatoms. The number of para-hydroxylation sites is 1. The van der Waals surface area contributed by atoms with Crippen LogP contribution in [0.2, 0.25) is 0 Å². The van der Waals surface area contributed by atoms with E-state index in [9.17, 15) is 0 Å². The first kappa shape index (κ1) is 31.5.